The van der Waals surface area contributed by atoms with Crippen molar-refractivity contribution < 1.29 is 4.79 Å². The zero-order valence-electron chi connectivity index (χ0n) is 9.36. The van der Waals surface area contributed by atoms with Crippen LogP contribution < -0.4 is 0 Å². The maximum absolute atomic E-state index is 11.8. The van der Waals surface area contributed by atoms with E-state index in [1.807, 2.05) is 43.5 Å². The van der Waals surface area contributed by atoms with Crippen LogP contribution in [-0.2, 0) is 0 Å². The van der Waals surface area contributed by atoms with Gasteiger partial charge < -0.3 is 0 Å². The molecule has 0 radical (unpaired) electrons. The monoisotopic (exact) mass is 231 g/mol. The van der Waals surface area contributed by atoms with Gasteiger partial charge in [0.1, 0.15) is 5.01 Å². The van der Waals surface area contributed by atoms with E-state index < -0.39 is 0 Å². The fraction of sp³-hybridized carbons (Fsp3) is 0.231. The lowest BCUT2D eigenvalue weighted by molar-refractivity contribution is 0.0989. The van der Waals surface area contributed by atoms with Gasteiger partial charge in [-0.2, -0.15) is 0 Å². The highest BCUT2D eigenvalue weighted by Crippen LogP contribution is 2.27. The molecule has 0 fully saturated rings. The molecule has 0 unspecified atom stereocenters. The number of carbonyl (C=O) groups is 1. The summed E-state index contributed by atoms with van der Waals surface area (Å²) in [6.07, 6.45) is 0.529. The Morgan fingerprint density at radius 3 is 2.75 bits per heavy atom. The molecule has 16 heavy (non-hydrogen) atoms. The SMILES string of the molecule is CCC(=O)c1ccccc1-c1nc(C)cs1. The van der Waals surface area contributed by atoms with Gasteiger partial charge in [0.15, 0.2) is 5.78 Å². The van der Waals surface area contributed by atoms with Gasteiger partial charge in [0.25, 0.3) is 0 Å². The molecular formula is C13H13NOS. The molecule has 1 aromatic heterocycles. The number of thiazole rings is 1. The van der Waals surface area contributed by atoms with E-state index in [1.165, 1.54) is 0 Å². The number of rotatable bonds is 3. The van der Waals surface area contributed by atoms with Crippen molar-refractivity contribution in [2.24, 2.45) is 0 Å². The van der Waals surface area contributed by atoms with Crippen LogP contribution in [0.1, 0.15) is 29.4 Å². The van der Waals surface area contributed by atoms with Crippen LogP contribution in [0.5, 0.6) is 0 Å². The lowest BCUT2D eigenvalue weighted by Crippen LogP contribution is -1.99. The number of hydrogen-bond donors (Lipinski definition) is 0. The molecule has 0 saturated carbocycles. The Morgan fingerprint density at radius 2 is 2.12 bits per heavy atom. The molecule has 0 bridgehead atoms. The van der Waals surface area contributed by atoms with Crippen molar-refractivity contribution in [3.05, 3.63) is 40.9 Å². The number of ketones is 1. The smallest absolute Gasteiger partial charge is 0.163 e. The summed E-state index contributed by atoms with van der Waals surface area (Å²) in [6.45, 7) is 3.84. The summed E-state index contributed by atoms with van der Waals surface area (Å²) in [5.74, 6) is 0.170. The van der Waals surface area contributed by atoms with Gasteiger partial charge in [0.2, 0.25) is 0 Å². The Bertz CT molecular complexity index is 516. The molecule has 0 aliphatic rings. The second-order valence-corrected chi connectivity index (χ2v) is 4.47. The summed E-state index contributed by atoms with van der Waals surface area (Å²) < 4.78 is 0. The zero-order chi connectivity index (χ0) is 11.5. The van der Waals surface area contributed by atoms with Crippen LogP contribution in [0.15, 0.2) is 29.6 Å². The van der Waals surface area contributed by atoms with Crippen LogP contribution >= 0.6 is 11.3 Å². The molecular weight excluding hydrogens is 218 g/mol. The first kappa shape index (κ1) is 11.0. The Kier molecular flexibility index (Phi) is 3.15. The molecule has 0 saturated heterocycles. The maximum atomic E-state index is 11.8. The first-order valence-electron chi connectivity index (χ1n) is 5.27. The van der Waals surface area contributed by atoms with Crippen LogP contribution in [0.2, 0.25) is 0 Å². The maximum Gasteiger partial charge on any atom is 0.163 e. The predicted molar refractivity (Wildman–Crippen MR) is 66.9 cm³/mol. The molecule has 0 amide bonds. The minimum Gasteiger partial charge on any atom is -0.294 e. The molecule has 1 heterocycles. The molecule has 2 rings (SSSR count). The number of Topliss-reactive ketones (excluding diaryl/α,β-unsaturated/α-hetero) is 1. The lowest BCUT2D eigenvalue weighted by atomic mass is 10.0. The van der Waals surface area contributed by atoms with E-state index in [4.69, 9.17) is 0 Å². The summed E-state index contributed by atoms with van der Waals surface area (Å²) in [5, 5.41) is 2.93. The molecule has 82 valence electrons. The average molecular weight is 231 g/mol. The van der Waals surface area contributed by atoms with Gasteiger partial charge in [-0.1, -0.05) is 31.2 Å². The summed E-state index contributed by atoms with van der Waals surface area (Å²) in [5.41, 5.74) is 2.73. The summed E-state index contributed by atoms with van der Waals surface area (Å²) in [4.78, 5) is 16.2. The fourth-order valence-electron chi connectivity index (χ4n) is 1.58. The number of nitrogens with zero attached hydrogens (tertiary/aromatic N) is 1. The van der Waals surface area contributed by atoms with Gasteiger partial charge in [-0.3, -0.25) is 4.79 Å². The van der Waals surface area contributed by atoms with Crippen molar-refractivity contribution in [1.82, 2.24) is 4.98 Å². The molecule has 0 aliphatic heterocycles. The number of benzene rings is 1. The number of carbonyl (C=O) groups excluding carboxylic acids is 1. The van der Waals surface area contributed by atoms with E-state index in [1.54, 1.807) is 11.3 Å². The van der Waals surface area contributed by atoms with Crippen molar-refractivity contribution in [3.63, 3.8) is 0 Å². The first-order valence-corrected chi connectivity index (χ1v) is 6.15. The molecule has 0 spiro atoms. The highest BCUT2D eigenvalue weighted by molar-refractivity contribution is 7.13. The fourth-order valence-corrected chi connectivity index (χ4v) is 2.42. The van der Waals surface area contributed by atoms with E-state index in [-0.39, 0.29) is 5.78 Å². The highest BCUT2D eigenvalue weighted by Gasteiger charge is 2.12. The van der Waals surface area contributed by atoms with Crippen LogP contribution in [0.25, 0.3) is 10.6 Å². The summed E-state index contributed by atoms with van der Waals surface area (Å²) in [7, 11) is 0. The minimum atomic E-state index is 0.170. The van der Waals surface area contributed by atoms with Crippen molar-refractivity contribution >= 4 is 17.1 Å². The summed E-state index contributed by atoms with van der Waals surface area (Å²) >= 11 is 1.58. The van der Waals surface area contributed by atoms with Crippen LogP contribution in [-0.4, -0.2) is 10.8 Å². The zero-order valence-corrected chi connectivity index (χ0v) is 10.2. The van der Waals surface area contributed by atoms with E-state index in [0.717, 1.165) is 21.8 Å². The topological polar surface area (TPSA) is 30.0 Å². The van der Waals surface area contributed by atoms with Gasteiger partial charge in [0, 0.05) is 28.6 Å². The Labute approximate surface area is 99.0 Å². The lowest BCUT2D eigenvalue weighted by Gasteiger charge is -2.04. The second kappa shape index (κ2) is 4.58. The van der Waals surface area contributed by atoms with Crippen molar-refractivity contribution in [3.8, 4) is 10.6 Å². The first-order chi connectivity index (χ1) is 7.72. The minimum absolute atomic E-state index is 0.170. The molecule has 0 aliphatic carbocycles. The highest BCUT2D eigenvalue weighted by atomic mass is 32.1. The molecule has 2 aromatic rings. The van der Waals surface area contributed by atoms with E-state index in [0.29, 0.717) is 6.42 Å². The van der Waals surface area contributed by atoms with Crippen LogP contribution in [0, 0.1) is 6.92 Å². The average Bonchev–Trinajstić information content (AvgIpc) is 2.75. The van der Waals surface area contributed by atoms with Gasteiger partial charge in [0.05, 0.1) is 0 Å². The largest absolute Gasteiger partial charge is 0.294 e. The molecule has 3 heteroatoms. The Hall–Kier alpha value is -1.48. The third-order valence-electron chi connectivity index (χ3n) is 2.40. The Balaban J connectivity index is 2.52. The normalized spacial score (nSPS) is 10.4. The Morgan fingerprint density at radius 1 is 1.38 bits per heavy atom. The molecule has 2 nitrogen and oxygen atoms in total. The third kappa shape index (κ3) is 2.04. The van der Waals surface area contributed by atoms with E-state index in [2.05, 4.69) is 4.98 Å². The molecule has 0 N–H and O–H groups in total. The van der Waals surface area contributed by atoms with Gasteiger partial charge in [-0.05, 0) is 6.92 Å². The standard InChI is InChI=1S/C13H13NOS/c1-3-12(15)10-6-4-5-7-11(10)13-14-9(2)8-16-13/h4-8H,3H2,1-2H3. The van der Waals surface area contributed by atoms with Gasteiger partial charge >= 0.3 is 0 Å². The van der Waals surface area contributed by atoms with E-state index >= 15 is 0 Å². The number of aromatic nitrogens is 1. The molecule has 1 aromatic carbocycles. The number of aryl methyl sites for hydroxylation is 1. The van der Waals surface area contributed by atoms with Gasteiger partial charge in [-0.15, -0.1) is 11.3 Å². The second-order valence-electron chi connectivity index (χ2n) is 3.62. The van der Waals surface area contributed by atoms with Crippen molar-refractivity contribution in [2.75, 3.05) is 0 Å². The predicted octanol–water partition coefficient (Wildman–Crippen LogP) is 3.71. The van der Waals surface area contributed by atoms with Gasteiger partial charge in [-0.25, -0.2) is 4.98 Å². The third-order valence-corrected chi connectivity index (χ3v) is 3.39. The van der Waals surface area contributed by atoms with E-state index in [9.17, 15) is 4.79 Å². The summed E-state index contributed by atoms with van der Waals surface area (Å²) in [6, 6.07) is 7.67. The van der Waals surface area contributed by atoms with Crippen molar-refractivity contribution in [2.45, 2.75) is 20.3 Å². The van der Waals surface area contributed by atoms with Crippen LogP contribution in [0.4, 0.5) is 0 Å². The quantitative estimate of drug-likeness (QED) is 0.754. The van der Waals surface area contributed by atoms with Crippen molar-refractivity contribution in [1.29, 1.82) is 0 Å². The number of hydrogen-bond acceptors (Lipinski definition) is 3. The molecule has 0 atom stereocenters. The van der Waals surface area contributed by atoms with Crippen LogP contribution in [0.3, 0.4) is 0 Å².